The first kappa shape index (κ1) is 10.4. The van der Waals surface area contributed by atoms with E-state index >= 15 is 0 Å². The average Bonchev–Trinajstić information content (AvgIpc) is 2.09. The molecule has 13 heavy (non-hydrogen) atoms. The lowest BCUT2D eigenvalue weighted by Gasteiger charge is -2.35. The van der Waals surface area contributed by atoms with Crippen molar-refractivity contribution in [1.82, 2.24) is 0 Å². The maximum atomic E-state index is 11.8. The normalized spacial score (nSPS) is 33.5. The van der Waals surface area contributed by atoms with E-state index in [4.69, 9.17) is 0 Å². The second kappa shape index (κ2) is 3.24. The van der Waals surface area contributed by atoms with Gasteiger partial charge in [0, 0.05) is 11.8 Å². The van der Waals surface area contributed by atoms with E-state index in [1.165, 1.54) is 0 Å². The molecule has 0 amide bonds. The summed E-state index contributed by atoms with van der Waals surface area (Å²) in [6.45, 7) is 7.46. The summed E-state index contributed by atoms with van der Waals surface area (Å²) in [4.78, 5) is 23.5. The Hall–Kier alpha value is -0.660. The quantitative estimate of drug-likeness (QED) is 0.583. The topological polar surface area (TPSA) is 34.1 Å². The first-order chi connectivity index (χ1) is 5.91. The highest BCUT2D eigenvalue weighted by molar-refractivity contribution is 6.09. The van der Waals surface area contributed by atoms with Gasteiger partial charge >= 0.3 is 0 Å². The van der Waals surface area contributed by atoms with E-state index in [2.05, 4.69) is 0 Å². The van der Waals surface area contributed by atoms with E-state index in [-0.39, 0.29) is 23.4 Å². The number of hydrogen-bond acceptors (Lipinski definition) is 2. The number of ketones is 2. The molecular formula is C11H18O2. The average molecular weight is 182 g/mol. The van der Waals surface area contributed by atoms with Gasteiger partial charge in [0.05, 0.1) is 5.41 Å². The summed E-state index contributed by atoms with van der Waals surface area (Å²) in [6, 6.07) is 0. The molecular weight excluding hydrogens is 164 g/mol. The second-order valence-electron chi connectivity index (χ2n) is 4.60. The van der Waals surface area contributed by atoms with Gasteiger partial charge in [-0.1, -0.05) is 13.8 Å². The van der Waals surface area contributed by atoms with Crippen LogP contribution in [0.2, 0.25) is 0 Å². The molecule has 1 saturated carbocycles. The third-order valence-corrected chi connectivity index (χ3v) is 3.18. The van der Waals surface area contributed by atoms with Gasteiger partial charge in [0.15, 0.2) is 0 Å². The van der Waals surface area contributed by atoms with Crippen LogP contribution in [-0.2, 0) is 9.59 Å². The minimum absolute atomic E-state index is 0.0534. The minimum atomic E-state index is -0.738. The first-order valence-corrected chi connectivity index (χ1v) is 4.99. The molecule has 2 atom stereocenters. The third-order valence-electron chi connectivity index (χ3n) is 3.18. The molecule has 74 valence electrons. The summed E-state index contributed by atoms with van der Waals surface area (Å²) < 4.78 is 0. The SMILES string of the molecule is CCC1CC(C)C(=O)C(C)(C)C1=O. The molecule has 2 heteroatoms. The van der Waals surface area contributed by atoms with Gasteiger partial charge in [-0.05, 0) is 26.7 Å². The molecule has 1 aliphatic carbocycles. The predicted octanol–water partition coefficient (Wildman–Crippen LogP) is 2.22. The lowest BCUT2D eigenvalue weighted by atomic mass is 9.65. The highest BCUT2D eigenvalue weighted by Gasteiger charge is 2.46. The van der Waals surface area contributed by atoms with Crippen molar-refractivity contribution in [3.63, 3.8) is 0 Å². The molecule has 0 saturated heterocycles. The Balaban J connectivity index is 2.95. The van der Waals surface area contributed by atoms with Crippen molar-refractivity contribution in [1.29, 1.82) is 0 Å². The fraction of sp³-hybridized carbons (Fsp3) is 0.818. The van der Waals surface area contributed by atoms with Crippen LogP contribution in [0.25, 0.3) is 0 Å². The van der Waals surface area contributed by atoms with Crippen LogP contribution < -0.4 is 0 Å². The largest absolute Gasteiger partial charge is 0.298 e. The van der Waals surface area contributed by atoms with E-state index in [0.29, 0.717) is 0 Å². The molecule has 0 aromatic carbocycles. The number of Topliss-reactive ketones (excluding diaryl/α,β-unsaturated/α-hetero) is 2. The molecule has 1 rings (SSSR count). The Bertz CT molecular complexity index is 240. The summed E-state index contributed by atoms with van der Waals surface area (Å²) in [5.41, 5.74) is -0.738. The number of rotatable bonds is 1. The van der Waals surface area contributed by atoms with Crippen LogP contribution in [0.3, 0.4) is 0 Å². The zero-order valence-electron chi connectivity index (χ0n) is 8.89. The smallest absolute Gasteiger partial charge is 0.148 e. The van der Waals surface area contributed by atoms with Crippen LogP contribution in [0.1, 0.15) is 40.5 Å². The van der Waals surface area contributed by atoms with Gasteiger partial charge in [-0.2, -0.15) is 0 Å². The predicted molar refractivity (Wildman–Crippen MR) is 51.4 cm³/mol. The lowest BCUT2D eigenvalue weighted by Crippen LogP contribution is -2.46. The van der Waals surface area contributed by atoms with Crippen LogP contribution in [-0.4, -0.2) is 11.6 Å². The molecule has 2 unspecified atom stereocenters. The van der Waals surface area contributed by atoms with Gasteiger partial charge in [-0.3, -0.25) is 9.59 Å². The summed E-state index contributed by atoms with van der Waals surface area (Å²) in [5.74, 6) is 0.403. The van der Waals surface area contributed by atoms with Crippen molar-refractivity contribution in [2.75, 3.05) is 0 Å². The van der Waals surface area contributed by atoms with Crippen molar-refractivity contribution < 1.29 is 9.59 Å². The van der Waals surface area contributed by atoms with Gasteiger partial charge in [0.25, 0.3) is 0 Å². The van der Waals surface area contributed by atoms with Gasteiger partial charge < -0.3 is 0 Å². The van der Waals surface area contributed by atoms with Crippen molar-refractivity contribution in [2.45, 2.75) is 40.5 Å². The molecule has 1 aliphatic rings. The van der Waals surface area contributed by atoms with E-state index in [9.17, 15) is 9.59 Å². The summed E-state index contributed by atoms with van der Waals surface area (Å²) in [7, 11) is 0. The fourth-order valence-corrected chi connectivity index (χ4v) is 2.24. The summed E-state index contributed by atoms with van der Waals surface area (Å²) in [6.07, 6.45) is 1.61. The molecule has 0 aromatic heterocycles. The molecule has 0 aromatic rings. The maximum absolute atomic E-state index is 11.8. The molecule has 0 heterocycles. The summed E-state index contributed by atoms with van der Waals surface area (Å²) >= 11 is 0. The van der Waals surface area contributed by atoms with Crippen molar-refractivity contribution in [3.8, 4) is 0 Å². The van der Waals surface area contributed by atoms with E-state index in [1.54, 1.807) is 13.8 Å². The summed E-state index contributed by atoms with van der Waals surface area (Å²) in [5, 5.41) is 0. The van der Waals surface area contributed by atoms with Crippen molar-refractivity contribution >= 4 is 11.6 Å². The number of carbonyl (C=O) groups excluding carboxylic acids is 2. The number of hydrogen-bond donors (Lipinski definition) is 0. The highest BCUT2D eigenvalue weighted by atomic mass is 16.2. The second-order valence-corrected chi connectivity index (χ2v) is 4.60. The fourth-order valence-electron chi connectivity index (χ4n) is 2.24. The van der Waals surface area contributed by atoms with Crippen LogP contribution in [0.5, 0.6) is 0 Å². The van der Waals surface area contributed by atoms with Gasteiger partial charge in [0.1, 0.15) is 11.6 Å². The molecule has 0 N–H and O–H groups in total. The van der Waals surface area contributed by atoms with Crippen LogP contribution in [0.15, 0.2) is 0 Å². The molecule has 2 nitrogen and oxygen atoms in total. The minimum Gasteiger partial charge on any atom is -0.298 e. The Kier molecular flexibility index (Phi) is 2.60. The van der Waals surface area contributed by atoms with Gasteiger partial charge in [0.2, 0.25) is 0 Å². The third kappa shape index (κ3) is 1.54. The standard InChI is InChI=1S/C11H18O2/c1-5-8-6-7(2)9(12)11(3,4)10(8)13/h7-8H,5-6H2,1-4H3. The molecule has 0 aliphatic heterocycles. The van der Waals surface area contributed by atoms with Crippen LogP contribution in [0, 0.1) is 17.3 Å². The lowest BCUT2D eigenvalue weighted by molar-refractivity contribution is -0.148. The Morgan fingerprint density at radius 3 is 2.31 bits per heavy atom. The van der Waals surface area contributed by atoms with Gasteiger partial charge in [-0.15, -0.1) is 0 Å². The first-order valence-electron chi connectivity index (χ1n) is 4.99. The molecule has 1 fully saturated rings. The molecule has 0 radical (unpaired) electrons. The number of carbonyl (C=O) groups is 2. The highest BCUT2D eigenvalue weighted by Crippen LogP contribution is 2.36. The van der Waals surface area contributed by atoms with E-state index in [0.717, 1.165) is 12.8 Å². The van der Waals surface area contributed by atoms with E-state index < -0.39 is 5.41 Å². The molecule has 0 spiro atoms. The molecule has 0 bridgehead atoms. The van der Waals surface area contributed by atoms with Crippen LogP contribution in [0.4, 0.5) is 0 Å². The van der Waals surface area contributed by atoms with Crippen molar-refractivity contribution in [3.05, 3.63) is 0 Å². The van der Waals surface area contributed by atoms with Gasteiger partial charge in [-0.25, -0.2) is 0 Å². The monoisotopic (exact) mass is 182 g/mol. The Labute approximate surface area is 79.7 Å². The Morgan fingerprint density at radius 2 is 1.85 bits per heavy atom. The zero-order chi connectivity index (χ0) is 10.2. The van der Waals surface area contributed by atoms with Crippen LogP contribution >= 0.6 is 0 Å². The zero-order valence-corrected chi connectivity index (χ0v) is 8.89. The van der Waals surface area contributed by atoms with Crippen molar-refractivity contribution in [2.24, 2.45) is 17.3 Å². The van der Waals surface area contributed by atoms with E-state index in [1.807, 2.05) is 13.8 Å². The maximum Gasteiger partial charge on any atom is 0.148 e. The Morgan fingerprint density at radius 1 is 1.31 bits per heavy atom.